The number of carboxylic acid groups (broad SMARTS) is 1. The van der Waals surface area contributed by atoms with Gasteiger partial charge in [-0.1, -0.05) is 48.0 Å². The number of nitrogens with two attached hydrogens (primary N) is 1. The number of amides is 1. The van der Waals surface area contributed by atoms with Gasteiger partial charge in [0, 0.05) is 29.2 Å². The molecular formula is C25H22ClN3O3. The van der Waals surface area contributed by atoms with Crippen LogP contribution in [0.4, 0.5) is 11.4 Å². The van der Waals surface area contributed by atoms with Gasteiger partial charge in [0.2, 0.25) is 0 Å². The van der Waals surface area contributed by atoms with Crippen LogP contribution in [-0.2, 0) is 22.6 Å². The van der Waals surface area contributed by atoms with E-state index in [4.69, 9.17) is 22.4 Å². The maximum atomic E-state index is 13.0. The minimum Gasteiger partial charge on any atom is -0.481 e. The highest BCUT2D eigenvalue weighted by Crippen LogP contribution is 2.39. The van der Waals surface area contributed by atoms with Gasteiger partial charge in [-0.25, -0.2) is 0 Å². The zero-order chi connectivity index (χ0) is 22.7. The molecule has 1 aliphatic heterocycles. The molecule has 0 spiro atoms. The number of hydrogen-bond donors (Lipinski definition) is 4. The first-order chi connectivity index (χ1) is 15.4. The van der Waals surface area contributed by atoms with Gasteiger partial charge in [-0.2, -0.15) is 0 Å². The van der Waals surface area contributed by atoms with Gasteiger partial charge in [0.25, 0.3) is 5.91 Å². The average Bonchev–Trinajstić information content (AvgIpc) is 3.11. The summed E-state index contributed by atoms with van der Waals surface area (Å²) in [4.78, 5) is 24.0. The van der Waals surface area contributed by atoms with Crippen molar-refractivity contribution in [2.75, 3.05) is 10.6 Å². The minimum absolute atomic E-state index is 0.0329. The molecule has 0 fully saturated rings. The van der Waals surface area contributed by atoms with Gasteiger partial charge in [0.05, 0.1) is 17.0 Å². The molecule has 1 aliphatic rings. The number of anilines is 2. The van der Waals surface area contributed by atoms with E-state index in [1.54, 1.807) is 12.1 Å². The summed E-state index contributed by atoms with van der Waals surface area (Å²) < 4.78 is 0. The molecule has 0 atom stereocenters. The standard InChI is InChI=1S/C25H22ClN3O3/c26-18-7-10-20-21(13-18)29-25(32)23(20)24(28-19-8-4-16(14-27)5-9-19)17-3-1-2-15(12-17)6-11-22(30)31/h1-5,7-10,12-13,28H,6,11,14,27H2,(H,29,32)(H,30,31)/b24-23-. The highest BCUT2D eigenvalue weighted by atomic mass is 35.5. The molecule has 0 aliphatic carbocycles. The Balaban J connectivity index is 1.83. The lowest BCUT2D eigenvalue weighted by molar-refractivity contribution is -0.137. The predicted octanol–water partition coefficient (Wildman–Crippen LogP) is 4.75. The average molecular weight is 448 g/mol. The molecule has 32 heavy (non-hydrogen) atoms. The number of halogens is 1. The Bertz CT molecular complexity index is 1220. The van der Waals surface area contributed by atoms with Crippen LogP contribution in [0.2, 0.25) is 5.02 Å². The van der Waals surface area contributed by atoms with Crippen LogP contribution in [0.15, 0.2) is 66.7 Å². The van der Waals surface area contributed by atoms with E-state index in [0.29, 0.717) is 34.9 Å². The Labute approximate surface area is 190 Å². The molecule has 6 nitrogen and oxygen atoms in total. The largest absolute Gasteiger partial charge is 0.481 e. The number of rotatable bonds is 7. The Morgan fingerprint density at radius 2 is 1.81 bits per heavy atom. The Morgan fingerprint density at radius 1 is 1.03 bits per heavy atom. The van der Waals surface area contributed by atoms with Crippen molar-refractivity contribution in [3.05, 3.63) is 94.0 Å². The second-order valence-electron chi connectivity index (χ2n) is 7.51. The maximum absolute atomic E-state index is 13.0. The molecule has 0 unspecified atom stereocenters. The summed E-state index contributed by atoms with van der Waals surface area (Å²) >= 11 is 6.11. The van der Waals surface area contributed by atoms with Gasteiger partial charge in [-0.15, -0.1) is 0 Å². The molecule has 162 valence electrons. The van der Waals surface area contributed by atoms with E-state index in [1.807, 2.05) is 54.6 Å². The van der Waals surface area contributed by atoms with Crippen molar-refractivity contribution in [2.24, 2.45) is 5.73 Å². The third kappa shape index (κ3) is 4.66. The number of carbonyl (C=O) groups excluding carboxylic acids is 1. The first-order valence-corrected chi connectivity index (χ1v) is 10.5. The lowest BCUT2D eigenvalue weighted by Crippen LogP contribution is -2.10. The van der Waals surface area contributed by atoms with E-state index in [9.17, 15) is 9.59 Å². The van der Waals surface area contributed by atoms with Gasteiger partial charge in [-0.3, -0.25) is 9.59 Å². The number of aryl methyl sites for hydroxylation is 1. The summed E-state index contributed by atoms with van der Waals surface area (Å²) in [6.45, 7) is 0.441. The van der Waals surface area contributed by atoms with Gasteiger partial charge < -0.3 is 21.5 Å². The van der Waals surface area contributed by atoms with Gasteiger partial charge in [0.15, 0.2) is 0 Å². The van der Waals surface area contributed by atoms with Crippen molar-refractivity contribution < 1.29 is 14.7 Å². The van der Waals surface area contributed by atoms with E-state index in [-0.39, 0.29) is 12.3 Å². The Hall–Kier alpha value is -3.61. The van der Waals surface area contributed by atoms with Crippen molar-refractivity contribution in [2.45, 2.75) is 19.4 Å². The topological polar surface area (TPSA) is 104 Å². The number of benzene rings is 3. The van der Waals surface area contributed by atoms with Crippen molar-refractivity contribution >= 4 is 46.1 Å². The van der Waals surface area contributed by atoms with Crippen LogP contribution in [0.1, 0.15) is 28.7 Å². The van der Waals surface area contributed by atoms with Gasteiger partial charge in [0.1, 0.15) is 0 Å². The monoisotopic (exact) mass is 447 g/mol. The van der Waals surface area contributed by atoms with Crippen molar-refractivity contribution in [1.82, 2.24) is 0 Å². The lowest BCUT2D eigenvalue weighted by Gasteiger charge is -2.16. The fourth-order valence-electron chi connectivity index (χ4n) is 3.67. The SMILES string of the molecule is NCc1ccc(N/C(=C2\C(=O)Nc3cc(Cl)ccc32)c2cccc(CCC(=O)O)c2)cc1. The molecule has 0 radical (unpaired) electrons. The molecule has 1 heterocycles. The fraction of sp³-hybridized carbons (Fsp3) is 0.120. The number of nitrogens with one attached hydrogen (secondary N) is 2. The van der Waals surface area contributed by atoms with E-state index < -0.39 is 5.97 Å². The molecule has 7 heteroatoms. The van der Waals surface area contributed by atoms with E-state index >= 15 is 0 Å². The molecule has 4 rings (SSSR count). The number of carbonyl (C=O) groups is 2. The molecule has 0 aromatic heterocycles. The number of aliphatic carboxylic acids is 1. The fourth-order valence-corrected chi connectivity index (χ4v) is 3.85. The van der Waals surface area contributed by atoms with E-state index in [0.717, 1.165) is 27.9 Å². The summed E-state index contributed by atoms with van der Waals surface area (Å²) in [6, 6.07) is 20.5. The van der Waals surface area contributed by atoms with Crippen molar-refractivity contribution in [1.29, 1.82) is 0 Å². The van der Waals surface area contributed by atoms with Gasteiger partial charge >= 0.3 is 5.97 Å². The number of fused-ring (bicyclic) bond motifs is 1. The molecule has 3 aromatic carbocycles. The quantitative estimate of drug-likeness (QED) is 0.391. The molecule has 0 bridgehead atoms. The van der Waals surface area contributed by atoms with Crippen LogP contribution < -0.4 is 16.4 Å². The maximum Gasteiger partial charge on any atom is 0.303 e. The third-order valence-electron chi connectivity index (χ3n) is 5.28. The Kier molecular flexibility index (Phi) is 6.25. The minimum atomic E-state index is -0.854. The number of hydrogen-bond acceptors (Lipinski definition) is 4. The molecule has 0 saturated carbocycles. The highest BCUT2D eigenvalue weighted by Gasteiger charge is 2.28. The first kappa shape index (κ1) is 21.6. The van der Waals surface area contributed by atoms with E-state index in [2.05, 4.69) is 10.6 Å². The van der Waals surface area contributed by atoms with Crippen LogP contribution >= 0.6 is 11.6 Å². The third-order valence-corrected chi connectivity index (χ3v) is 5.51. The second-order valence-corrected chi connectivity index (χ2v) is 7.95. The zero-order valence-corrected chi connectivity index (χ0v) is 17.9. The van der Waals surface area contributed by atoms with Crippen molar-refractivity contribution in [3.8, 4) is 0 Å². The first-order valence-electron chi connectivity index (χ1n) is 10.2. The summed E-state index contributed by atoms with van der Waals surface area (Å²) in [7, 11) is 0. The normalized spacial score (nSPS) is 14.0. The van der Waals surface area contributed by atoms with Crippen LogP contribution in [0.25, 0.3) is 11.3 Å². The molecule has 3 aromatic rings. The molecule has 0 saturated heterocycles. The molecule has 5 N–H and O–H groups in total. The second kappa shape index (κ2) is 9.26. The van der Waals surface area contributed by atoms with Gasteiger partial charge in [-0.05, 0) is 53.4 Å². The number of carboxylic acids is 1. The summed E-state index contributed by atoms with van der Waals surface area (Å²) in [5, 5.41) is 15.8. The zero-order valence-electron chi connectivity index (χ0n) is 17.2. The smallest absolute Gasteiger partial charge is 0.303 e. The highest BCUT2D eigenvalue weighted by molar-refractivity contribution is 6.38. The summed E-state index contributed by atoms with van der Waals surface area (Å²) in [5.74, 6) is -1.09. The van der Waals surface area contributed by atoms with Crippen molar-refractivity contribution in [3.63, 3.8) is 0 Å². The summed E-state index contributed by atoms with van der Waals surface area (Å²) in [6.07, 6.45) is 0.431. The van der Waals surface area contributed by atoms with Crippen LogP contribution in [-0.4, -0.2) is 17.0 Å². The molecule has 1 amide bonds. The van der Waals surface area contributed by atoms with Crippen LogP contribution in [0.5, 0.6) is 0 Å². The van der Waals surface area contributed by atoms with E-state index in [1.165, 1.54) is 0 Å². The van der Waals surface area contributed by atoms with Crippen LogP contribution in [0.3, 0.4) is 0 Å². The molecular weight excluding hydrogens is 426 g/mol. The Morgan fingerprint density at radius 3 is 2.53 bits per heavy atom. The summed E-state index contributed by atoms with van der Waals surface area (Å²) in [5.41, 5.74) is 11.7. The van der Waals surface area contributed by atoms with Crippen LogP contribution in [0, 0.1) is 0 Å². The predicted molar refractivity (Wildman–Crippen MR) is 127 cm³/mol. The lowest BCUT2D eigenvalue weighted by atomic mass is 9.97.